The van der Waals surface area contributed by atoms with Crippen molar-refractivity contribution in [3.63, 3.8) is 0 Å². The van der Waals surface area contributed by atoms with E-state index in [-0.39, 0.29) is 30.0 Å². The summed E-state index contributed by atoms with van der Waals surface area (Å²) in [7, 11) is 0. The van der Waals surface area contributed by atoms with E-state index in [1.807, 2.05) is 20.8 Å². The van der Waals surface area contributed by atoms with E-state index in [1.165, 1.54) is 12.1 Å². The zero-order valence-electron chi connectivity index (χ0n) is 11.3. The molecule has 1 unspecified atom stereocenters. The van der Waals surface area contributed by atoms with E-state index in [9.17, 15) is 14.9 Å². The maximum atomic E-state index is 11.6. The van der Waals surface area contributed by atoms with Crippen molar-refractivity contribution in [2.75, 3.05) is 6.61 Å². The third-order valence-corrected chi connectivity index (χ3v) is 2.81. The molecule has 0 aliphatic rings. The maximum absolute atomic E-state index is 11.6. The lowest BCUT2D eigenvalue weighted by Gasteiger charge is -2.17. The van der Waals surface area contributed by atoms with E-state index in [0.29, 0.717) is 5.92 Å². The molecular formula is C13H18N2O4. The summed E-state index contributed by atoms with van der Waals surface area (Å²) >= 11 is 0. The Morgan fingerprint density at radius 3 is 2.58 bits per heavy atom. The predicted molar refractivity (Wildman–Crippen MR) is 71.0 cm³/mol. The third-order valence-electron chi connectivity index (χ3n) is 2.81. The smallest absolute Gasteiger partial charge is 0.310 e. The first-order valence-electron chi connectivity index (χ1n) is 6.07. The van der Waals surface area contributed by atoms with Gasteiger partial charge in [-0.2, -0.15) is 0 Å². The lowest BCUT2D eigenvalue weighted by atomic mass is 10.1. The van der Waals surface area contributed by atoms with Gasteiger partial charge in [0.25, 0.3) is 5.91 Å². The number of hydrogen-bond acceptors (Lipinski definition) is 4. The molecule has 6 heteroatoms. The number of para-hydroxylation sites is 2. The van der Waals surface area contributed by atoms with Crippen molar-refractivity contribution >= 4 is 11.6 Å². The Labute approximate surface area is 111 Å². The molecule has 0 aliphatic carbocycles. The van der Waals surface area contributed by atoms with Crippen molar-refractivity contribution in [2.24, 2.45) is 5.92 Å². The molecule has 0 saturated carbocycles. The van der Waals surface area contributed by atoms with Crippen LogP contribution in [0.3, 0.4) is 0 Å². The largest absolute Gasteiger partial charge is 0.477 e. The molecule has 0 radical (unpaired) electrons. The number of nitro benzene ring substituents is 1. The normalized spacial score (nSPS) is 12.0. The lowest BCUT2D eigenvalue weighted by Crippen LogP contribution is -2.38. The summed E-state index contributed by atoms with van der Waals surface area (Å²) in [4.78, 5) is 21.8. The number of nitro groups is 1. The molecule has 1 amide bonds. The van der Waals surface area contributed by atoms with Crippen LogP contribution in [0.5, 0.6) is 5.75 Å². The molecule has 0 aromatic heterocycles. The summed E-state index contributed by atoms with van der Waals surface area (Å²) in [5.41, 5.74) is -0.146. The summed E-state index contributed by atoms with van der Waals surface area (Å²) in [5, 5.41) is 13.5. The monoisotopic (exact) mass is 266 g/mol. The average Bonchev–Trinajstić information content (AvgIpc) is 2.36. The highest BCUT2D eigenvalue weighted by Gasteiger charge is 2.16. The van der Waals surface area contributed by atoms with Gasteiger partial charge in [-0.3, -0.25) is 14.9 Å². The molecule has 0 saturated heterocycles. The number of ether oxygens (including phenoxy) is 1. The van der Waals surface area contributed by atoms with Gasteiger partial charge in [-0.25, -0.2) is 0 Å². The molecule has 0 bridgehead atoms. The van der Waals surface area contributed by atoms with Gasteiger partial charge < -0.3 is 10.1 Å². The second kappa shape index (κ2) is 6.72. The molecule has 1 aromatic carbocycles. The molecule has 0 heterocycles. The first-order chi connectivity index (χ1) is 8.91. The van der Waals surface area contributed by atoms with Gasteiger partial charge in [-0.15, -0.1) is 0 Å². The van der Waals surface area contributed by atoms with E-state index >= 15 is 0 Å². The van der Waals surface area contributed by atoms with Crippen LogP contribution in [0.4, 0.5) is 5.69 Å². The average molecular weight is 266 g/mol. The van der Waals surface area contributed by atoms with Gasteiger partial charge in [0.15, 0.2) is 12.4 Å². The molecule has 6 nitrogen and oxygen atoms in total. The van der Waals surface area contributed by atoms with Crippen molar-refractivity contribution in [1.82, 2.24) is 5.32 Å². The van der Waals surface area contributed by atoms with E-state index in [0.717, 1.165) is 0 Å². The molecule has 104 valence electrons. The minimum Gasteiger partial charge on any atom is -0.477 e. The molecular weight excluding hydrogens is 248 g/mol. The van der Waals surface area contributed by atoms with Crippen LogP contribution in [0.1, 0.15) is 20.8 Å². The van der Waals surface area contributed by atoms with Gasteiger partial charge in [0.2, 0.25) is 0 Å². The Bertz CT molecular complexity index is 460. The Morgan fingerprint density at radius 1 is 1.37 bits per heavy atom. The number of nitrogens with zero attached hydrogens (tertiary/aromatic N) is 1. The fourth-order valence-electron chi connectivity index (χ4n) is 1.34. The summed E-state index contributed by atoms with van der Waals surface area (Å²) in [6.45, 7) is 5.65. The van der Waals surface area contributed by atoms with E-state index in [2.05, 4.69) is 5.32 Å². The van der Waals surface area contributed by atoms with Crippen molar-refractivity contribution in [2.45, 2.75) is 26.8 Å². The van der Waals surface area contributed by atoms with Crippen LogP contribution >= 0.6 is 0 Å². The molecule has 1 atom stereocenters. The van der Waals surface area contributed by atoms with E-state index in [1.54, 1.807) is 12.1 Å². The minimum atomic E-state index is -0.538. The topological polar surface area (TPSA) is 81.5 Å². The predicted octanol–water partition coefficient (Wildman–Crippen LogP) is 2.13. The first kappa shape index (κ1) is 14.9. The number of carbonyl (C=O) groups excluding carboxylic acids is 1. The standard InChI is InChI=1S/C13H18N2O4/c1-9(2)10(3)14-13(16)8-19-12-7-5-4-6-11(12)15(17)18/h4-7,9-10H,8H2,1-3H3,(H,14,16). The maximum Gasteiger partial charge on any atom is 0.310 e. The molecule has 0 aliphatic heterocycles. The van der Waals surface area contributed by atoms with Crippen LogP contribution < -0.4 is 10.1 Å². The number of rotatable bonds is 6. The van der Waals surface area contributed by atoms with E-state index < -0.39 is 4.92 Å². The van der Waals surface area contributed by atoms with Gasteiger partial charge in [0.05, 0.1) is 4.92 Å². The van der Waals surface area contributed by atoms with Crippen LogP contribution in [-0.4, -0.2) is 23.5 Å². The number of benzene rings is 1. The molecule has 0 spiro atoms. The number of hydrogen-bond donors (Lipinski definition) is 1. The molecule has 19 heavy (non-hydrogen) atoms. The second-order valence-electron chi connectivity index (χ2n) is 4.61. The molecule has 0 fully saturated rings. The second-order valence-corrected chi connectivity index (χ2v) is 4.61. The van der Waals surface area contributed by atoms with Crippen LogP contribution in [0.2, 0.25) is 0 Å². The van der Waals surface area contributed by atoms with Crippen molar-refractivity contribution in [3.8, 4) is 5.75 Å². The van der Waals surface area contributed by atoms with E-state index in [4.69, 9.17) is 4.74 Å². The number of amides is 1. The van der Waals surface area contributed by atoms with Crippen molar-refractivity contribution in [3.05, 3.63) is 34.4 Å². The fourth-order valence-corrected chi connectivity index (χ4v) is 1.34. The number of nitrogens with one attached hydrogen (secondary N) is 1. The van der Waals surface area contributed by atoms with Gasteiger partial charge in [0.1, 0.15) is 0 Å². The summed E-state index contributed by atoms with van der Waals surface area (Å²) < 4.78 is 5.19. The Balaban J connectivity index is 2.58. The highest BCUT2D eigenvalue weighted by molar-refractivity contribution is 5.78. The summed E-state index contributed by atoms with van der Waals surface area (Å²) in [5.74, 6) is 0.120. The molecule has 1 rings (SSSR count). The van der Waals surface area contributed by atoms with Gasteiger partial charge >= 0.3 is 5.69 Å². The Kier molecular flexibility index (Phi) is 5.29. The van der Waals surface area contributed by atoms with Crippen molar-refractivity contribution in [1.29, 1.82) is 0 Å². The van der Waals surface area contributed by atoms with Crippen LogP contribution in [0, 0.1) is 16.0 Å². The lowest BCUT2D eigenvalue weighted by molar-refractivity contribution is -0.385. The van der Waals surface area contributed by atoms with Crippen LogP contribution in [-0.2, 0) is 4.79 Å². The summed E-state index contributed by atoms with van der Waals surface area (Å²) in [6.07, 6.45) is 0. The Morgan fingerprint density at radius 2 is 2.00 bits per heavy atom. The van der Waals surface area contributed by atoms with Gasteiger partial charge in [-0.1, -0.05) is 26.0 Å². The number of carbonyl (C=O) groups is 1. The van der Waals surface area contributed by atoms with Crippen LogP contribution in [0.15, 0.2) is 24.3 Å². The zero-order valence-corrected chi connectivity index (χ0v) is 11.3. The first-order valence-corrected chi connectivity index (χ1v) is 6.07. The van der Waals surface area contributed by atoms with Crippen molar-refractivity contribution < 1.29 is 14.5 Å². The highest BCUT2D eigenvalue weighted by Crippen LogP contribution is 2.25. The summed E-state index contributed by atoms with van der Waals surface area (Å²) in [6, 6.07) is 6.01. The Hall–Kier alpha value is -2.11. The molecule has 1 N–H and O–H groups in total. The third kappa shape index (κ3) is 4.57. The quantitative estimate of drug-likeness (QED) is 0.631. The van der Waals surface area contributed by atoms with Crippen LogP contribution in [0.25, 0.3) is 0 Å². The van der Waals surface area contributed by atoms with Gasteiger partial charge in [0, 0.05) is 12.1 Å². The van der Waals surface area contributed by atoms with Gasteiger partial charge in [-0.05, 0) is 18.9 Å². The SMILES string of the molecule is CC(C)C(C)NC(=O)COc1ccccc1[N+](=O)[O-]. The minimum absolute atomic E-state index is 0.0295. The fraction of sp³-hybridized carbons (Fsp3) is 0.462. The highest BCUT2D eigenvalue weighted by atomic mass is 16.6. The molecule has 1 aromatic rings. The zero-order chi connectivity index (χ0) is 14.4.